The molecule has 2 unspecified atom stereocenters. The van der Waals surface area contributed by atoms with Gasteiger partial charge in [-0.05, 0) is 50.7 Å². The van der Waals surface area contributed by atoms with Crippen LogP contribution in [0.25, 0.3) is 0 Å². The van der Waals surface area contributed by atoms with E-state index in [1.54, 1.807) is 6.08 Å². The van der Waals surface area contributed by atoms with Gasteiger partial charge in [0, 0.05) is 0 Å². The van der Waals surface area contributed by atoms with Crippen molar-refractivity contribution >= 4 is 0 Å². The third kappa shape index (κ3) is 4.67. The molecule has 1 saturated carbocycles. The van der Waals surface area contributed by atoms with Crippen molar-refractivity contribution in [1.29, 1.82) is 0 Å². The normalized spacial score (nSPS) is 26.2. The second kappa shape index (κ2) is 7.29. The average Bonchev–Trinajstić information content (AvgIpc) is 2.69. The quantitative estimate of drug-likeness (QED) is 0.552. The van der Waals surface area contributed by atoms with Crippen LogP contribution in [0, 0.1) is 5.92 Å². The molecule has 1 N–H and O–H groups in total. The lowest BCUT2D eigenvalue weighted by Gasteiger charge is -2.10. The van der Waals surface area contributed by atoms with E-state index in [1.807, 2.05) is 25.2 Å². The summed E-state index contributed by atoms with van der Waals surface area (Å²) in [6.07, 6.45) is 11.5. The van der Waals surface area contributed by atoms with Gasteiger partial charge >= 0.3 is 0 Å². The number of hydrogen-bond donors (Lipinski definition) is 1. The zero-order chi connectivity index (χ0) is 11.8. The molecular formula is C14H22O2. The second-order valence-corrected chi connectivity index (χ2v) is 4.26. The van der Waals surface area contributed by atoms with E-state index in [0.29, 0.717) is 5.92 Å². The Hall–Kier alpha value is -1.02. The SMILES string of the molecule is C=C/C=C\C(=C/C)OCCC1CCC(O)C1. The Morgan fingerprint density at radius 2 is 2.31 bits per heavy atom. The van der Waals surface area contributed by atoms with E-state index in [-0.39, 0.29) is 6.10 Å². The van der Waals surface area contributed by atoms with E-state index < -0.39 is 0 Å². The molecule has 0 aromatic heterocycles. The van der Waals surface area contributed by atoms with Crippen LogP contribution in [0.3, 0.4) is 0 Å². The Labute approximate surface area is 98.3 Å². The monoisotopic (exact) mass is 222 g/mol. The molecule has 2 nitrogen and oxygen atoms in total. The molecule has 16 heavy (non-hydrogen) atoms. The first kappa shape index (κ1) is 13.0. The van der Waals surface area contributed by atoms with Gasteiger partial charge in [0.25, 0.3) is 0 Å². The minimum absolute atomic E-state index is 0.0770. The summed E-state index contributed by atoms with van der Waals surface area (Å²) in [5.41, 5.74) is 0. The molecule has 0 heterocycles. The maximum atomic E-state index is 9.40. The zero-order valence-corrected chi connectivity index (χ0v) is 10.1. The Morgan fingerprint density at radius 3 is 2.88 bits per heavy atom. The first-order chi connectivity index (χ1) is 7.76. The van der Waals surface area contributed by atoms with Crippen molar-refractivity contribution < 1.29 is 9.84 Å². The highest BCUT2D eigenvalue weighted by Gasteiger charge is 2.22. The van der Waals surface area contributed by atoms with E-state index in [9.17, 15) is 5.11 Å². The van der Waals surface area contributed by atoms with Crippen LogP contribution < -0.4 is 0 Å². The molecule has 0 saturated heterocycles. The van der Waals surface area contributed by atoms with Crippen LogP contribution >= 0.6 is 0 Å². The van der Waals surface area contributed by atoms with Crippen LogP contribution in [-0.4, -0.2) is 17.8 Å². The molecule has 90 valence electrons. The number of ether oxygens (including phenoxy) is 1. The average molecular weight is 222 g/mol. The minimum Gasteiger partial charge on any atom is -0.494 e. The second-order valence-electron chi connectivity index (χ2n) is 4.26. The van der Waals surface area contributed by atoms with Crippen LogP contribution in [0.4, 0.5) is 0 Å². The number of aliphatic hydroxyl groups is 1. The topological polar surface area (TPSA) is 29.5 Å². The van der Waals surface area contributed by atoms with E-state index in [0.717, 1.165) is 38.0 Å². The van der Waals surface area contributed by atoms with Gasteiger partial charge in [-0.25, -0.2) is 0 Å². The summed E-state index contributed by atoms with van der Waals surface area (Å²) in [4.78, 5) is 0. The van der Waals surface area contributed by atoms with Gasteiger partial charge in [-0.1, -0.05) is 18.7 Å². The predicted molar refractivity (Wildman–Crippen MR) is 67.0 cm³/mol. The molecule has 0 spiro atoms. The van der Waals surface area contributed by atoms with Gasteiger partial charge in [0.15, 0.2) is 0 Å². The highest BCUT2D eigenvalue weighted by Crippen LogP contribution is 2.28. The van der Waals surface area contributed by atoms with E-state index in [4.69, 9.17) is 4.74 Å². The lowest BCUT2D eigenvalue weighted by molar-refractivity contribution is 0.167. The van der Waals surface area contributed by atoms with Gasteiger partial charge in [0.05, 0.1) is 12.7 Å². The fraction of sp³-hybridized carbons (Fsp3) is 0.571. The van der Waals surface area contributed by atoms with Gasteiger partial charge in [0.2, 0.25) is 0 Å². The van der Waals surface area contributed by atoms with Gasteiger partial charge in [0.1, 0.15) is 5.76 Å². The number of aliphatic hydroxyl groups excluding tert-OH is 1. The van der Waals surface area contributed by atoms with Gasteiger partial charge < -0.3 is 9.84 Å². The molecule has 0 aromatic rings. The van der Waals surface area contributed by atoms with E-state index in [1.165, 1.54) is 0 Å². The van der Waals surface area contributed by atoms with Crippen LogP contribution in [-0.2, 0) is 4.74 Å². The van der Waals surface area contributed by atoms with Crippen molar-refractivity contribution in [3.05, 3.63) is 36.6 Å². The molecular weight excluding hydrogens is 200 g/mol. The largest absolute Gasteiger partial charge is 0.494 e. The number of hydrogen-bond acceptors (Lipinski definition) is 2. The van der Waals surface area contributed by atoms with Crippen molar-refractivity contribution in [3.63, 3.8) is 0 Å². The molecule has 2 heteroatoms. The molecule has 1 aliphatic carbocycles. The number of rotatable bonds is 6. The van der Waals surface area contributed by atoms with Crippen LogP contribution in [0.5, 0.6) is 0 Å². The van der Waals surface area contributed by atoms with E-state index >= 15 is 0 Å². The smallest absolute Gasteiger partial charge is 0.115 e. The summed E-state index contributed by atoms with van der Waals surface area (Å²) in [7, 11) is 0. The fourth-order valence-electron chi connectivity index (χ4n) is 2.04. The number of allylic oxidation sites excluding steroid dienone is 4. The minimum atomic E-state index is -0.0770. The highest BCUT2D eigenvalue weighted by atomic mass is 16.5. The van der Waals surface area contributed by atoms with Crippen molar-refractivity contribution in [2.75, 3.05) is 6.61 Å². The Morgan fingerprint density at radius 1 is 1.50 bits per heavy atom. The fourth-order valence-corrected chi connectivity index (χ4v) is 2.04. The Bertz CT molecular complexity index is 266. The third-order valence-electron chi connectivity index (χ3n) is 2.99. The molecule has 2 atom stereocenters. The van der Waals surface area contributed by atoms with Crippen LogP contribution in [0.15, 0.2) is 36.6 Å². The lowest BCUT2D eigenvalue weighted by atomic mass is 10.1. The molecule has 0 aromatic carbocycles. The molecule has 1 rings (SSSR count). The molecule has 1 fully saturated rings. The summed E-state index contributed by atoms with van der Waals surface area (Å²) in [6.45, 7) is 6.32. The summed E-state index contributed by atoms with van der Waals surface area (Å²) in [5, 5.41) is 9.40. The Kier molecular flexibility index (Phi) is 5.94. The molecule has 1 aliphatic rings. The summed E-state index contributed by atoms with van der Waals surface area (Å²) in [6, 6.07) is 0. The summed E-state index contributed by atoms with van der Waals surface area (Å²) < 4.78 is 5.64. The molecule has 0 aliphatic heterocycles. The van der Waals surface area contributed by atoms with Gasteiger partial charge in [-0.15, -0.1) is 0 Å². The summed E-state index contributed by atoms with van der Waals surface area (Å²) >= 11 is 0. The first-order valence-corrected chi connectivity index (χ1v) is 6.02. The third-order valence-corrected chi connectivity index (χ3v) is 2.99. The Balaban J connectivity index is 2.18. The van der Waals surface area contributed by atoms with Crippen molar-refractivity contribution in [2.45, 2.75) is 38.7 Å². The highest BCUT2D eigenvalue weighted by molar-refractivity contribution is 5.15. The lowest BCUT2D eigenvalue weighted by Crippen LogP contribution is -2.04. The van der Waals surface area contributed by atoms with Crippen LogP contribution in [0.2, 0.25) is 0 Å². The van der Waals surface area contributed by atoms with Crippen LogP contribution in [0.1, 0.15) is 32.6 Å². The summed E-state index contributed by atoms with van der Waals surface area (Å²) in [5.74, 6) is 1.52. The van der Waals surface area contributed by atoms with Crippen molar-refractivity contribution in [2.24, 2.45) is 5.92 Å². The van der Waals surface area contributed by atoms with Crippen molar-refractivity contribution in [1.82, 2.24) is 0 Å². The maximum absolute atomic E-state index is 9.40. The van der Waals surface area contributed by atoms with Gasteiger partial charge in [-0.3, -0.25) is 0 Å². The maximum Gasteiger partial charge on any atom is 0.115 e. The molecule has 0 radical (unpaired) electrons. The first-order valence-electron chi connectivity index (χ1n) is 6.02. The predicted octanol–water partition coefficient (Wildman–Crippen LogP) is 3.20. The zero-order valence-electron chi connectivity index (χ0n) is 10.1. The van der Waals surface area contributed by atoms with E-state index in [2.05, 4.69) is 6.58 Å². The molecule has 0 bridgehead atoms. The standard InChI is InChI=1S/C14H22O2/c1-3-5-6-14(4-2)16-10-9-12-7-8-13(15)11-12/h3-6,12-13,15H,1,7-11H2,2H3/b6-5-,14-4+. The van der Waals surface area contributed by atoms with Gasteiger partial charge in [-0.2, -0.15) is 0 Å². The molecule has 0 amide bonds. The van der Waals surface area contributed by atoms with Crippen molar-refractivity contribution in [3.8, 4) is 0 Å².